The van der Waals surface area contributed by atoms with Gasteiger partial charge in [0.1, 0.15) is 11.4 Å². The molecule has 2 aromatic carbocycles. The second-order valence-electron chi connectivity index (χ2n) is 13.2. The molecule has 260 valence electrons. The fourth-order valence-electron chi connectivity index (χ4n) is 6.35. The maximum Gasteiger partial charge on any atom is 0.573 e. The molecule has 2 aliphatic carbocycles. The molecule has 0 aliphatic heterocycles. The number of fused-ring (bicyclic) bond motifs is 1. The highest BCUT2D eigenvalue weighted by atomic mass is 19.4. The van der Waals surface area contributed by atoms with E-state index in [0.29, 0.717) is 23.0 Å². The summed E-state index contributed by atoms with van der Waals surface area (Å²) in [5, 5.41) is 23.4. The molecule has 0 unspecified atom stereocenters. The quantitative estimate of drug-likeness (QED) is 0.115. The molecule has 1 aromatic heterocycles. The van der Waals surface area contributed by atoms with E-state index >= 15 is 0 Å². The highest BCUT2D eigenvalue weighted by Crippen LogP contribution is 2.38. The van der Waals surface area contributed by atoms with Crippen LogP contribution in [0.1, 0.15) is 107 Å². The molecular weight excluding hydrogens is 607 g/mol. The van der Waals surface area contributed by atoms with Crippen LogP contribution in [0.2, 0.25) is 0 Å². The smallest absolute Gasteiger partial charge is 0.477 e. The summed E-state index contributed by atoms with van der Waals surface area (Å²) in [6, 6.07) is 11.4. The number of ether oxygens (including phenoxy) is 1. The Labute approximate surface area is 276 Å². The van der Waals surface area contributed by atoms with Gasteiger partial charge in [-0.3, -0.25) is 0 Å². The summed E-state index contributed by atoms with van der Waals surface area (Å²) in [4.78, 5) is 16.3. The zero-order valence-electron chi connectivity index (χ0n) is 27.9. The van der Waals surface area contributed by atoms with Gasteiger partial charge >= 0.3 is 12.3 Å². The Morgan fingerprint density at radius 2 is 1.62 bits per heavy atom. The van der Waals surface area contributed by atoms with E-state index in [2.05, 4.69) is 26.9 Å². The minimum atomic E-state index is -4.74. The van der Waals surface area contributed by atoms with Crippen LogP contribution in [0.3, 0.4) is 0 Å². The van der Waals surface area contributed by atoms with E-state index in [1.807, 2.05) is 19.2 Å². The first-order valence-corrected chi connectivity index (χ1v) is 17.4. The lowest BCUT2D eigenvalue weighted by molar-refractivity contribution is -0.274. The molecule has 2 fully saturated rings. The number of anilines is 1. The van der Waals surface area contributed by atoms with Gasteiger partial charge in [0.15, 0.2) is 0 Å². The van der Waals surface area contributed by atoms with Gasteiger partial charge in [-0.1, -0.05) is 76.8 Å². The van der Waals surface area contributed by atoms with Crippen molar-refractivity contribution in [2.75, 3.05) is 25.0 Å². The molecule has 2 atom stereocenters. The van der Waals surface area contributed by atoms with Crippen LogP contribution in [-0.4, -0.2) is 59.8 Å². The number of aromatic carboxylic acids is 1. The van der Waals surface area contributed by atoms with E-state index in [-0.39, 0.29) is 17.5 Å². The summed E-state index contributed by atoms with van der Waals surface area (Å²) in [5.41, 5.74) is 3.15. The van der Waals surface area contributed by atoms with Crippen molar-refractivity contribution < 1.29 is 32.9 Å². The van der Waals surface area contributed by atoms with E-state index in [0.717, 1.165) is 42.6 Å². The van der Waals surface area contributed by atoms with Crippen LogP contribution in [0, 0.1) is 5.92 Å². The fourth-order valence-corrected chi connectivity index (χ4v) is 6.35. The van der Waals surface area contributed by atoms with Gasteiger partial charge in [0.05, 0.1) is 6.10 Å². The molecule has 0 amide bonds. The standard InChI is InChI=1S/C21H19F3N2O3.C16H33NO/c1-26(11-12-2-3-12)19-9-14-8-18(20(27)28)25-17(14)10-16(19)13-4-6-15(7-5-13)29-21(22,23)24;1-2-3-4-5-6-7-8-11-14-17-15-12-9-10-13-16(15)18/h4-10,12,25H,2-3,11H2,1H3,(H,27,28);15-18H,2-14H2,1H3/t;15-,16-/m.1/s1. The van der Waals surface area contributed by atoms with E-state index in [4.69, 9.17) is 0 Å². The molecule has 4 N–H and O–H groups in total. The minimum Gasteiger partial charge on any atom is -0.477 e. The van der Waals surface area contributed by atoms with Crippen molar-refractivity contribution >= 4 is 22.6 Å². The lowest BCUT2D eigenvalue weighted by Gasteiger charge is -2.28. The summed E-state index contributed by atoms with van der Waals surface area (Å²) in [6.45, 7) is 4.23. The van der Waals surface area contributed by atoms with Crippen molar-refractivity contribution in [3.05, 3.63) is 48.2 Å². The third-order valence-corrected chi connectivity index (χ3v) is 9.17. The van der Waals surface area contributed by atoms with Crippen LogP contribution in [0.4, 0.5) is 18.9 Å². The van der Waals surface area contributed by atoms with Gasteiger partial charge in [0, 0.05) is 41.8 Å². The number of hydrogen-bond donors (Lipinski definition) is 4. The van der Waals surface area contributed by atoms with Gasteiger partial charge in [-0.05, 0) is 80.5 Å². The third-order valence-electron chi connectivity index (χ3n) is 9.17. The van der Waals surface area contributed by atoms with Gasteiger partial charge in [0.25, 0.3) is 0 Å². The molecule has 0 bridgehead atoms. The largest absolute Gasteiger partial charge is 0.573 e. The van der Waals surface area contributed by atoms with E-state index in [9.17, 15) is 28.2 Å². The number of halogens is 3. The van der Waals surface area contributed by atoms with Crippen molar-refractivity contribution in [1.82, 2.24) is 10.3 Å². The predicted molar refractivity (Wildman–Crippen MR) is 182 cm³/mol. The van der Waals surface area contributed by atoms with Crippen LogP contribution in [-0.2, 0) is 0 Å². The minimum absolute atomic E-state index is 0.0851. The monoisotopic (exact) mass is 659 g/mol. The van der Waals surface area contributed by atoms with Crippen molar-refractivity contribution in [3.8, 4) is 16.9 Å². The molecule has 3 aromatic rings. The number of unbranched alkanes of at least 4 members (excludes halogenated alkanes) is 7. The van der Waals surface area contributed by atoms with Gasteiger partial charge in [-0.2, -0.15) is 0 Å². The van der Waals surface area contributed by atoms with Crippen LogP contribution >= 0.6 is 0 Å². The highest BCUT2D eigenvalue weighted by molar-refractivity contribution is 5.98. The summed E-state index contributed by atoms with van der Waals surface area (Å²) in [6.07, 6.45) is 13.2. The molecule has 0 radical (unpaired) electrons. The van der Waals surface area contributed by atoms with Gasteiger partial charge in [0.2, 0.25) is 0 Å². The highest BCUT2D eigenvalue weighted by Gasteiger charge is 2.31. The summed E-state index contributed by atoms with van der Waals surface area (Å²) in [5.74, 6) is -0.709. The molecule has 0 saturated heterocycles. The Balaban J connectivity index is 0.000000240. The Morgan fingerprint density at radius 3 is 2.23 bits per heavy atom. The number of aliphatic hydroxyl groups is 1. The first kappa shape index (κ1) is 36.6. The topological polar surface area (TPSA) is 97.8 Å². The zero-order chi connectivity index (χ0) is 33.8. The van der Waals surface area contributed by atoms with E-state index in [1.54, 1.807) is 18.2 Å². The summed E-state index contributed by atoms with van der Waals surface area (Å²) < 4.78 is 41.2. The maximum absolute atomic E-state index is 12.4. The number of benzene rings is 2. The summed E-state index contributed by atoms with van der Waals surface area (Å²) in [7, 11) is 1.97. The lowest BCUT2D eigenvalue weighted by Crippen LogP contribution is -2.42. The molecule has 2 aliphatic rings. The fraction of sp³-hybridized carbons (Fsp3) is 0.595. The lowest BCUT2D eigenvalue weighted by atomic mass is 9.92. The molecule has 5 rings (SSSR count). The Bertz CT molecular complexity index is 1390. The first-order valence-electron chi connectivity index (χ1n) is 17.4. The predicted octanol–water partition coefficient (Wildman–Crippen LogP) is 9.30. The molecule has 47 heavy (non-hydrogen) atoms. The Morgan fingerprint density at radius 1 is 0.957 bits per heavy atom. The number of nitrogens with one attached hydrogen (secondary N) is 2. The van der Waals surface area contributed by atoms with Gasteiger partial charge in [-0.25, -0.2) is 4.79 Å². The van der Waals surface area contributed by atoms with Gasteiger partial charge in [-0.15, -0.1) is 13.2 Å². The average Bonchev–Trinajstić information content (AvgIpc) is 3.74. The third kappa shape index (κ3) is 12.1. The normalized spacial score (nSPS) is 18.1. The van der Waals surface area contributed by atoms with Crippen molar-refractivity contribution in [2.45, 2.75) is 115 Å². The van der Waals surface area contributed by atoms with E-state index < -0.39 is 12.3 Å². The van der Waals surface area contributed by atoms with Crippen LogP contribution < -0.4 is 15.0 Å². The van der Waals surface area contributed by atoms with E-state index in [1.165, 1.54) is 89.2 Å². The SMILES string of the molecule is CCCCCCCCCCN[C@@H]1CCCC[C@H]1O.CN(CC1CC1)c1cc2cc(C(=O)O)[nH]c2cc1-c1ccc(OC(F)(F)F)cc1. The van der Waals surface area contributed by atoms with Crippen molar-refractivity contribution in [3.63, 3.8) is 0 Å². The first-order chi connectivity index (χ1) is 22.5. The number of aromatic nitrogens is 1. The van der Waals surface area contributed by atoms with Crippen LogP contribution in [0.25, 0.3) is 22.0 Å². The number of alkyl halides is 3. The number of carbonyl (C=O) groups is 1. The molecule has 2 saturated carbocycles. The number of aromatic amines is 1. The number of nitrogens with zero attached hydrogens (tertiary/aromatic N) is 1. The average molecular weight is 660 g/mol. The molecule has 0 spiro atoms. The molecule has 7 nitrogen and oxygen atoms in total. The second-order valence-corrected chi connectivity index (χ2v) is 13.2. The molecular formula is C37H52F3N3O4. The second kappa shape index (κ2) is 17.8. The number of H-pyrrole nitrogens is 1. The molecule has 10 heteroatoms. The number of carboxylic acids is 1. The van der Waals surface area contributed by atoms with Crippen molar-refractivity contribution in [1.29, 1.82) is 0 Å². The summed E-state index contributed by atoms with van der Waals surface area (Å²) >= 11 is 0. The zero-order valence-corrected chi connectivity index (χ0v) is 27.9. The van der Waals surface area contributed by atoms with Crippen molar-refractivity contribution in [2.24, 2.45) is 5.92 Å². The van der Waals surface area contributed by atoms with Crippen LogP contribution in [0.5, 0.6) is 5.75 Å². The molecule has 1 heterocycles. The Kier molecular flexibility index (Phi) is 13.8. The van der Waals surface area contributed by atoms with Crippen LogP contribution in [0.15, 0.2) is 42.5 Å². The number of hydrogen-bond acceptors (Lipinski definition) is 5. The number of aliphatic hydroxyl groups excluding tert-OH is 1. The van der Waals surface area contributed by atoms with Gasteiger partial charge < -0.3 is 30.2 Å². The number of rotatable bonds is 16. The number of carboxylic acid groups (broad SMARTS) is 1. The maximum atomic E-state index is 12.4. The Hall–Kier alpha value is -3.24.